The Balaban J connectivity index is 1.63. The molecule has 3 aromatic carbocycles. The van der Waals surface area contributed by atoms with Crippen LogP contribution in [0.15, 0.2) is 72.8 Å². The standard InChI is InChI=1S/C23H20ClNO3S/c1-28-19-10-7-16(8-11-19)14-29-15-22(26)25-21-12-9-18(24)13-20(21)23(27)17-5-3-2-4-6-17/h2-13H,14-15H2,1H3,(H,25,26). The summed E-state index contributed by atoms with van der Waals surface area (Å²) in [6.45, 7) is 0. The second kappa shape index (κ2) is 10.1. The van der Waals surface area contributed by atoms with Crippen molar-refractivity contribution in [2.24, 2.45) is 0 Å². The fraction of sp³-hybridized carbons (Fsp3) is 0.130. The molecule has 0 aliphatic carbocycles. The van der Waals surface area contributed by atoms with Crippen molar-refractivity contribution in [3.8, 4) is 5.75 Å². The Morgan fingerprint density at radius 2 is 1.72 bits per heavy atom. The molecule has 0 heterocycles. The van der Waals surface area contributed by atoms with Crippen LogP contribution in [0.3, 0.4) is 0 Å². The van der Waals surface area contributed by atoms with Gasteiger partial charge in [0.05, 0.1) is 18.6 Å². The van der Waals surface area contributed by atoms with Crippen molar-refractivity contribution < 1.29 is 14.3 Å². The predicted octanol–water partition coefficient (Wildman–Crippen LogP) is 5.45. The van der Waals surface area contributed by atoms with E-state index in [-0.39, 0.29) is 17.4 Å². The summed E-state index contributed by atoms with van der Waals surface area (Å²) in [5.41, 5.74) is 2.48. The molecule has 148 valence electrons. The Hall–Kier alpha value is -2.76. The van der Waals surface area contributed by atoms with Crippen LogP contribution in [-0.2, 0) is 10.5 Å². The maximum Gasteiger partial charge on any atom is 0.234 e. The lowest BCUT2D eigenvalue weighted by Gasteiger charge is -2.11. The molecule has 29 heavy (non-hydrogen) atoms. The molecule has 0 saturated heterocycles. The Morgan fingerprint density at radius 1 is 1.00 bits per heavy atom. The van der Waals surface area contributed by atoms with Gasteiger partial charge >= 0.3 is 0 Å². The van der Waals surface area contributed by atoms with Gasteiger partial charge < -0.3 is 10.1 Å². The van der Waals surface area contributed by atoms with E-state index in [1.165, 1.54) is 11.8 Å². The number of ether oxygens (including phenoxy) is 1. The molecule has 0 saturated carbocycles. The number of hydrogen-bond donors (Lipinski definition) is 1. The van der Waals surface area contributed by atoms with Gasteiger partial charge in [0.1, 0.15) is 5.75 Å². The molecular weight excluding hydrogens is 406 g/mol. The monoisotopic (exact) mass is 425 g/mol. The average molecular weight is 426 g/mol. The first-order chi connectivity index (χ1) is 14.1. The Kier molecular flexibility index (Phi) is 7.33. The smallest absolute Gasteiger partial charge is 0.234 e. The van der Waals surface area contributed by atoms with Crippen molar-refractivity contribution in [2.75, 3.05) is 18.2 Å². The Bertz CT molecular complexity index is 991. The third kappa shape index (κ3) is 5.86. The SMILES string of the molecule is COc1ccc(CSCC(=O)Nc2ccc(Cl)cc2C(=O)c2ccccc2)cc1. The molecule has 3 rings (SSSR count). The van der Waals surface area contributed by atoms with Crippen molar-refractivity contribution in [1.82, 2.24) is 0 Å². The van der Waals surface area contributed by atoms with Gasteiger partial charge in [-0.1, -0.05) is 54.1 Å². The topological polar surface area (TPSA) is 55.4 Å². The van der Waals surface area contributed by atoms with Crippen LogP contribution in [-0.4, -0.2) is 24.6 Å². The number of ketones is 1. The number of thioether (sulfide) groups is 1. The van der Waals surface area contributed by atoms with Gasteiger partial charge in [-0.15, -0.1) is 11.8 Å². The van der Waals surface area contributed by atoms with Crippen molar-refractivity contribution in [3.63, 3.8) is 0 Å². The van der Waals surface area contributed by atoms with E-state index in [9.17, 15) is 9.59 Å². The molecule has 1 amide bonds. The summed E-state index contributed by atoms with van der Waals surface area (Å²) in [7, 11) is 1.63. The van der Waals surface area contributed by atoms with Gasteiger partial charge in [-0.3, -0.25) is 9.59 Å². The van der Waals surface area contributed by atoms with E-state index in [1.807, 2.05) is 30.3 Å². The molecule has 3 aromatic rings. The summed E-state index contributed by atoms with van der Waals surface area (Å²) in [5, 5.41) is 3.27. The second-order valence-corrected chi connectivity index (χ2v) is 7.70. The number of halogens is 1. The Labute approximate surface area is 179 Å². The first-order valence-corrected chi connectivity index (χ1v) is 10.5. The summed E-state index contributed by atoms with van der Waals surface area (Å²) >= 11 is 7.58. The van der Waals surface area contributed by atoms with Gasteiger partial charge in [0.15, 0.2) is 5.78 Å². The summed E-state index contributed by atoms with van der Waals surface area (Å²) in [6.07, 6.45) is 0. The summed E-state index contributed by atoms with van der Waals surface area (Å²) in [5.74, 6) is 1.42. The van der Waals surface area contributed by atoms with Gasteiger partial charge in [-0.05, 0) is 35.9 Å². The van der Waals surface area contributed by atoms with E-state index in [0.29, 0.717) is 27.6 Å². The fourth-order valence-corrected chi connectivity index (χ4v) is 3.69. The highest BCUT2D eigenvalue weighted by atomic mass is 35.5. The van der Waals surface area contributed by atoms with Crippen LogP contribution in [0.2, 0.25) is 5.02 Å². The number of benzene rings is 3. The van der Waals surface area contributed by atoms with Crippen LogP contribution < -0.4 is 10.1 Å². The number of carbonyl (C=O) groups excluding carboxylic acids is 2. The van der Waals surface area contributed by atoms with E-state index in [0.717, 1.165) is 11.3 Å². The largest absolute Gasteiger partial charge is 0.497 e. The summed E-state index contributed by atoms with van der Waals surface area (Å²) in [4.78, 5) is 25.2. The van der Waals surface area contributed by atoms with Crippen LogP contribution in [0, 0.1) is 0 Å². The predicted molar refractivity (Wildman–Crippen MR) is 119 cm³/mol. The van der Waals surface area contributed by atoms with Crippen LogP contribution in [0.25, 0.3) is 0 Å². The summed E-state index contributed by atoms with van der Waals surface area (Å²) in [6, 6.07) is 21.5. The number of amides is 1. The molecule has 0 fully saturated rings. The van der Waals surface area contributed by atoms with Crippen LogP contribution >= 0.6 is 23.4 Å². The van der Waals surface area contributed by atoms with Crippen molar-refractivity contribution >= 4 is 40.7 Å². The normalized spacial score (nSPS) is 10.4. The number of rotatable bonds is 8. The number of carbonyl (C=O) groups is 2. The van der Waals surface area contributed by atoms with Crippen LogP contribution in [0.5, 0.6) is 5.75 Å². The lowest BCUT2D eigenvalue weighted by molar-refractivity contribution is -0.113. The van der Waals surface area contributed by atoms with Gasteiger partial charge in [0.2, 0.25) is 5.91 Å². The van der Waals surface area contributed by atoms with E-state index < -0.39 is 0 Å². The molecule has 0 radical (unpaired) electrons. The average Bonchev–Trinajstić information content (AvgIpc) is 2.75. The van der Waals surface area contributed by atoms with Crippen molar-refractivity contribution in [2.45, 2.75) is 5.75 Å². The first kappa shape index (κ1) is 21.0. The highest BCUT2D eigenvalue weighted by Gasteiger charge is 2.16. The third-order valence-electron chi connectivity index (χ3n) is 4.20. The lowest BCUT2D eigenvalue weighted by atomic mass is 10.0. The maximum atomic E-state index is 12.8. The minimum Gasteiger partial charge on any atom is -0.497 e. The van der Waals surface area contributed by atoms with Crippen LogP contribution in [0.1, 0.15) is 21.5 Å². The molecule has 0 bridgehead atoms. The quantitative estimate of drug-likeness (QED) is 0.487. The molecule has 1 N–H and O–H groups in total. The Morgan fingerprint density at radius 3 is 2.41 bits per heavy atom. The summed E-state index contributed by atoms with van der Waals surface area (Å²) < 4.78 is 5.14. The van der Waals surface area contributed by atoms with E-state index in [1.54, 1.807) is 49.6 Å². The van der Waals surface area contributed by atoms with E-state index in [4.69, 9.17) is 16.3 Å². The first-order valence-electron chi connectivity index (χ1n) is 8.96. The van der Waals surface area contributed by atoms with Gasteiger partial charge in [0.25, 0.3) is 0 Å². The molecule has 0 spiro atoms. The minimum atomic E-state index is -0.186. The molecule has 0 atom stereocenters. The zero-order chi connectivity index (χ0) is 20.6. The number of anilines is 1. The molecular formula is C23H20ClNO3S. The molecule has 0 aliphatic rings. The van der Waals surface area contributed by atoms with Gasteiger partial charge in [-0.25, -0.2) is 0 Å². The van der Waals surface area contributed by atoms with E-state index >= 15 is 0 Å². The van der Waals surface area contributed by atoms with Crippen LogP contribution in [0.4, 0.5) is 5.69 Å². The van der Waals surface area contributed by atoms with Crippen molar-refractivity contribution in [1.29, 1.82) is 0 Å². The maximum absolute atomic E-state index is 12.8. The molecule has 0 aliphatic heterocycles. The highest BCUT2D eigenvalue weighted by molar-refractivity contribution is 7.99. The molecule has 4 nitrogen and oxygen atoms in total. The zero-order valence-corrected chi connectivity index (χ0v) is 17.4. The minimum absolute atomic E-state index is 0.173. The van der Waals surface area contributed by atoms with Crippen molar-refractivity contribution in [3.05, 3.63) is 94.5 Å². The lowest BCUT2D eigenvalue weighted by Crippen LogP contribution is -2.17. The highest BCUT2D eigenvalue weighted by Crippen LogP contribution is 2.24. The molecule has 0 unspecified atom stereocenters. The van der Waals surface area contributed by atoms with Gasteiger partial charge in [0, 0.05) is 21.9 Å². The molecule has 0 aromatic heterocycles. The number of nitrogens with one attached hydrogen (secondary N) is 1. The second-order valence-electron chi connectivity index (χ2n) is 6.27. The fourth-order valence-electron chi connectivity index (χ4n) is 2.73. The van der Waals surface area contributed by atoms with Gasteiger partial charge in [-0.2, -0.15) is 0 Å². The zero-order valence-electron chi connectivity index (χ0n) is 15.9. The van der Waals surface area contributed by atoms with E-state index in [2.05, 4.69) is 5.32 Å². The number of methoxy groups -OCH3 is 1. The number of hydrogen-bond acceptors (Lipinski definition) is 4. The third-order valence-corrected chi connectivity index (χ3v) is 5.44. The molecule has 6 heteroatoms.